The van der Waals surface area contributed by atoms with Crippen LogP contribution in [-0.2, 0) is 6.54 Å². The van der Waals surface area contributed by atoms with Gasteiger partial charge in [-0.1, -0.05) is 34.1 Å². The molecular formula is C10H13BrN2OS. The van der Waals surface area contributed by atoms with E-state index in [9.17, 15) is 0 Å². The lowest BCUT2D eigenvalue weighted by Gasteiger charge is -2.10. The van der Waals surface area contributed by atoms with Gasteiger partial charge in [-0.25, -0.2) is 0 Å². The third-order valence-electron chi connectivity index (χ3n) is 1.79. The summed E-state index contributed by atoms with van der Waals surface area (Å²) < 4.78 is 1.06. The fraction of sp³-hybridized carbons (Fsp3) is 0.300. The molecule has 1 rings (SSSR count). The van der Waals surface area contributed by atoms with Gasteiger partial charge in [0.1, 0.15) is 0 Å². The zero-order chi connectivity index (χ0) is 11.1. The van der Waals surface area contributed by atoms with Crippen LogP contribution in [0.15, 0.2) is 28.7 Å². The molecule has 0 amide bonds. The first-order chi connectivity index (χ1) is 7.24. The molecule has 0 fully saturated rings. The van der Waals surface area contributed by atoms with Gasteiger partial charge in [0, 0.05) is 17.6 Å². The Bertz CT molecular complexity index is 333. The number of aliphatic hydroxyl groups excluding tert-OH is 1. The summed E-state index contributed by atoms with van der Waals surface area (Å²) in [6.45, 7) is 1.22. The smallest absolute Gasteiger partial charge is 0.166 e. The van der Waals surface area contributed by atoms with Crippen LogP contribution in [0.2, 0.25) is 0 Å². The summed E-state index contributed by atoms with van der Waals surface area (Å²) in [5.74, 6) is 0. The van der Waals surface area contributed by atoms with Crippen molar-refractivity contribution in [2.75, 3.05) is 13.2 Å². The lowest BCUT2D eigenvalue weighted by atomic mass is 10.2. The third-order valence-corrected chi connectivity index (χ3v) is 2.86. The molecular weight excluding hydrogens is 276 g/mol. The largest absolute Gasteiger partial charge is 0.395 e. The Morgan fingerprint density at radius 3 is 2.73 bits per heavy atom. The highest BCUT2D eigenvalue weighted by molar-refractivity contribution is 9.10. The minimum Gasteiger partial charge on any atom is -0.395 e. The van der Waals surface area contributed by atoms with Crippen LogP contribution in [0.4, 0.5) is 0 Å². The van der Waals surface area contributed by atoms with Crippen molar-refractivity contribution in [1.82, 2.24) is 10.6 Å². The molecule has 3 nitrogen and oxygen atoms in total. The van der Waals surface area contributed by atoms with E-state index >= 15 is 0 Å². The van der Waals surface area contributed by atoms with Crippen LogP contribution in [0.3, 0.4) is 0 Å². The number of nitrogens with one attached hydrogen (secondary N) is 2. The van der Waals surface area contributed by atoms with Crippen molar-refractivity contribution in [3.63, 3.8) is 0 Å². The summed E-state index contributed by atoms with van der Waals surface area (Å²) >= 11 is 8.47. The van der Waals surface area contributed by atoms with Crippen LogP contribution in [0.5, 0.6) is 0 Å². The predicted molar refractivity (Wildman–Crippen MR) is 68.7 cm³/mol. The maximum absolute atomic E-state index is 8.59. The van der Waals surface area contributed by atoms with Gasteiger partial charge >= 0.3 is 0 Å². The number of halogens is 1. The van der Waals surface area contributed by atoms with Crippen molar-refractivity contribution >= 4 is 33.3 Å². The fourth-order valence-corrected chi connectivity index (χ4v) is 1.65. The molecule has 0 atom stereocenters. The van der Waals surface area contributed by atoms with Crippen LogP contribution >= 0.6 is 28.1 Å². The normalized spacial score (nSPS) is 9.73. The van der Waals surface area contributed by atoms with E-state index in [0.717, 1.165) is 10.0 Å². The molecule has 0 aromatic heterocycles. The molecule has 15 heavy (non-hydrogen) atoms. The Labute approximate surface area is 103 Å². The molecule has 0 bridgehead atoms. The first-order valence-electron chi connectivity index (χ1n) is 4.60. The average Bonchev–Trinajstić information content (AvgIpc) is 2.25. The van der Waals surface area contributed by atoms with Crippen molar-refractivity contribution in [3.05, 3.63) is 34.3 Å². The van der Waals surface area contributed by atoms with Gasteiger partial charge < -0.3 is 15.7 Å². The molecule has 3 N–H and O–H groups in total. The van der Waals surface area contributed by atoms with E-state index in [2.05, 4.69) is 26.6 Å². The highest BCUT2D eigenvalue weighted by atomic mass is 79.9. The van der Waals surface area contributed by atoms with Crippen LogP contribution in [0.1, 0.15) is 5.56 Å². The van der Waals surface area contributed by atoms with Crippen molar-refractivity contribution in [2.24, 2.45) is 0 Å². The van der Waals surface area contributed by atoms with Gasteiger partial charge in [0.05, 0.1) is 6.61 Å². The van der Waals surface area contributed by atoms with Gasteiger partial charge in [-0.05, 0) is 23.8 Å². The second kappa shape index (κ2) is 6.76. The Morgan fingerprint density at radius 1 is 1.33 bits per heavy atom. The molecule has 0 saturated heterocycles. The van der Waals surface area contributed by atoms with E-state index in [1.807, 2.05) is 24.3 Å². The second-order valence-electron chi connectivity index (χ2n) is 2.92. The zero-order valence-electron chi connectivity index (χ0n) is 8.16. The van der Waals surface area contributed by atoms with E-state index < -0.39 is 0 Å². The van der Waals surface area contributed by atoms with E-state index in [1.54, 1.807) is 0 Å². The van der Waals surface area contributed by atoms with Gasteiger partial charge in [0.25, 0.3) is 0 Å². The molecule has 0 spiro atoms. The molecule has 5 heteroatoms. The number of hydrogen-bond acceptors (Lipinski definition) is 2. The highest BCUT2D eigenvalue weighted by Gasteiger charge is 1.99. The van der Waals surface area contributed by atoms with Crippen molar-refractivity contribution in [2.45, 2.75) is 6.54 Å². The molecule has 1 aromatic rings. The standard InChI is InChI=1S/C10H13BrN2OS/c11-9-4-2-1-3-8(9)7-13-10(15)12-5-6-14/h1-4,14H,5-7H2,(H2,12,13,15). The molecule has 0 unspecified atom stereocenters. The summed E-state index contributed by atoms with van der Waals surface area (Å²) in [7, 11) is 0. The summed E-state index contributed by atoms with van der Waals surface area (Å²) in [6.07, 6.45) is 0. The van der Waals surface area contributed by atoms with Gasteiger partial charge in [0.2, 0.25) is 0 Å². The van der Waals surface area contributed by atoms with Gasteiger partial charge in [-0.3, -0.25) is 0 Å². The minimum absolute atomic E-state index is 0.0802. The topological polar surface area (TPSA) is 44.3 Å². The zero-order valence-corrected chi connectivity index (χ0v) is 10.6. The molecule has 0 aliphatic carbocycles. The van der Waals surface area contributed by atoms with Crippen LogP contribution in [-0.4, -0.2) is 23.4 Å². The third kappa shape index (κ3) is 4.59. The number of rotatable bonds is 4. The van der Waals surface area contributed by atoms with Crippen LogP contribution < -0.4 is 10.6 Å². The number of hydrogen-bond donors (Lipinski definition) is 3. The van der Waals surface area contributed by atoms with Crippen LogP contribution in [0.25, 0.3) is 0 Å². The SMILES string of the molecule is OCCNC(=S)NCc1ccccc1Br. The second-order valence-corrected chi connectivity index (χ2v) is 4.19. The first kappa shape index (κ1) is 12.4. The molecule has 82 valence electrons. The highest BCUT2D eigenvalue weighted by Crippen LogP contribution is 2.14. The van der Waals surface area contributed by atoms with Crippen molar-refractivity contribution < 1.29 is 5.11 Å². The minimum atomic E-state index is 0.0802. The van der Waals surface area contributed by atoms with E-state index in [0.29, 0.717) is 18.2 Å². The Hall–Kier alpha value is -0.650. The Kier molecular flexibility index (Phi) is 5.60. The summed E-state index contributed by atoms with van der Waals surface area (Å²) in [4.78, 5) is 0. The van der Waals surface area contributed by atoms with E-state index in [-0.39, 0.29) is 6.61 Å². The maximum Gasteiger partial charge on any atom is 0.166 e. The van der Waals surface area contributed by atoms with Gasteiger partial charge in [0.15, 0.2) is 5.11 Å². The Morgan fingerprint density at radius 2 is 2.07 bits per heavy atom. The summed E-state index contributed by atoms with van der Waals surface area (Å²) in [5, 5.41) is 15.1. The van der Waals surface area contributed by atoms with Crippen molar-refractivity contribution in [3.8, 4) is 0 Å². The van der Waals surface area contributed by atoms with Crippen LogP contribution in [0, 0.1) is 0 Å². The fourth-order valence-electron chi connectivity index (χ4n) is 1.05. The maximum atomic E-state index is 8.59. The van der Waals surface area contributed by atoms with Gasteiger partial charge in [-0.2, -0.15) is 0 Å². The molecule has 0 heterocycles. The monoisotopic (exact) mass is 288 g/mol. The number of benzene rings is 1. The van der Waals surface area contributed by atoms with Crippen molar-refractivity contribution in [1.29, 1.82) is 0 Å². The molecule has 0 aliphatic rings. The molecule has 1 aromatic carbocycles. The quantitative estimate of drug-likeness (QED) is 0.733. The molecule has 0 saturated carbocycles. The number of aliphatic hydroxyl groups is 1. The Balaban J connectivity index is 2.37. The summed E-state index contributed by atoms with van der Waals surface area (Å²) in [5.41, 5.74) is 1.14. The first-order valence-corrected chi connectivity index (χ1v) is 5.80. The average molecular weight is 289 g/mol. The number of thiocarbonyl (C=S) groups is 1. The van der Waals surface area contributed by atoms with E-state index in [4.69, 9.17) is 17.3 Å². The van der Waals surface area contributed by atoms with Gasteiger partial charge in [-0.15, -0.1) is 0 Å². The lowest BCUT2D eigenvalue weighted by molar-refractivity contribution is 0.300. The predicted octanol–water partition coefficient (Wildman–Crippen LogP) is 1.41. The summed E-state index contributed by atoms with van der Waals surface area (Å²) in [6, 6.07) is 7.95. The molecule has 0 aliphatic heterocycles. The van der Waals surface area contributed by atoms with E-state index in [1.165, 1.54) is 0 Å². The molecule has 0 radical (unpaired) electrons. The lowest BCUT2D eigenvalue weighted by Crippen LogP contribution is -2.36.